The van der Waals surface area contributed by atoms with Crippen molar-refractivity contribution in [3.63, 3.8) is 0 Å². The van der Waals surface area contributed by atoms with Gasteiger partial charge in [-0.2, -0.15) is 4.31 Å². The molecule has 1 aromatic heterocycles. The summed E-state index contributed by atoms with van der Waals surface area (Å²) in [5.74, 6) is 1.00. The summed E-state index contributed by atoms with van der Waals surface area (Å²) in [6.45, 7) is 0.647. The van der Waals surface area contributed by atoms with E-state index in [9.17, 15) is 16.8 Å². The van der Waals surface area contributed by atoms with Crippen LogP contribution in [-0.2, 0) is 26.4 Å². The van der Waals surface area contributed by atoms with Crippen LogP contribution in [0.5, 0.6) is 11.5 Å². The van der Waals surface area contributed by atoms with Crippen LogP contribution in [0.2, 0.25) is 0 Å². The van der Waals surface area contributed by atoms with Crippen molar-refractivity contribution in [3.05, 3.63) is 66.4 Å². The maximum atomic E-state index is 13.7. The van der Waals surface area contributed by atoms with Crippen LogP contribution in [0.15, 0.2) is 80.0 Å². The van der Waals surface area contributed by atoms with E-state index >= 15 is 0 Å². The van der Waals surface area contributed by atoms with Crippen LogP contribution in [0.1, 0.15) is 12.2 Å². The number of sulfone groups is 1. The lowest BCUT2D eigenvalue weighted by atomic mass is 10.2. The van der Waals surface area contributed by atoms with E-state index in [1.54, 1.807) is 18.2 Å². The van der Waals surface area contributed by atoms with E-state index in [4.69, 9.17) is 13.9 Å². The van der Waals surface area contributed by atoms with Crippen LogP contribution < -0.4 is 9.47 Å². The summed E-state index contributed by atoms with van der Waals surface area (Å²) in [5.41, 5.74) is 0. The molecule has 2 aromatic carbocycles. The molecule has 1 saturated heterocycles. The molecule has 1 unspecified atom stereocenters. The number of nitrogens with zero attached hydrogens (tertiary/aromatic N) is 1. The summed E-state index contributed by atoms with van der Waals surface area (Å²) in [4.78, 5) is 1.01. The number of sulfonamides is 1. The summed E-state index contributed by atoms with van der Waals surface area (Å²) in [5, 5.41) is 0.622. The van der Waals surface area contributed by atoms with Crippen LogP contribution in [0, 0.1) is 0 Å². The van der Waals surface area contributed by atoms with Gasteiger partial charge < -0.3 is 13.9 Å². The molecule has 2 aliphatic rings. The van der Waals surface area contributed by atoms with Crippen molar-refractivity contribution in [2.45, 2.75) is 33.9 Å². The lowest BCUT2D eigenvalue weighted by Crippen LogP contribution is -2.40. The molecule has 3 heterocycles. The molecule has 34 heavy (non-hydrogen) atoms. The van der Waals surface area contributed by atoms with Crippen molar-refractivity contribution in [2.24, 2.45) is 0 Å². The van der Waals surface area contributed by atoms with Crippen LogP contribution in [0.4, 0.5) is 0 Å². The third-order valence-electron chi connectivity index (χ3n) is 5.65. The number of benzene rings is 2. The second kappa shape index (κ2) is 9.29. The van der Waals surface area contributed by atoms with Gasteiger partial charge >= 0.3 is 0 Å². The molecule has 0 radical (unpaired) electrons. The van der Waals surface area contributed by atoms with E-state index in [1.165, 1.54) is 28.2 Å². The maximum absolute atomic E-state index is 13.7. The Kier molecular flexibility index (Phi) is 6.36. The van der Waals surface area contributed by atoms with Gasteiger partial charge in [0, 0.05) is 17.0 Å². The number of ether oxygens (including phenoxy) is 2. The van der Waals surface area contributed by atoms with Crippen LogP contribution in [0.3, 0.4) is 0 Å². The molecule has 1 atom stereocenters. The van der Waals surface area contributed by atoms with Gasteiger partial charge in [-0.3, -0.25) is 0 Å². The first-order valence-electron chi connectivity index (χ1n) is 10.7. The largest absolute Gasteiger partial charge is 0.486 e. The van der Waals surface area contributed by atoms with Gasteiger partial charge in [-0.25, -0.2) is 16.8 Å². The fraction of sp³-hybridized carbons (Fsp3) is 0.304. The van der Waals surface area contributed by atoms with E-state index in [0.29, 0.717) is 35.6 Å². The molecule has 0 N–H and O–H groups in total. The molecular formula is C23H23NO7S3. The molecule has 0 spiro atoms. The van der Waals surface area contributed by atoms with Gasteiger partial charge in [-0.15, -0.1) is 0 Å². The molecular weight excluding hydrogens is 498 g/mol. The van der Waals surface area contributed by atoms with Crippen LogP contribution in [-0.4, -0.2) is 51.9 Å². The Morgan fingerprint density at radius 3 is 2.47 bits per heavy atom. The van der Waals surface area contributed by atoms with Gasteiger partial charge in [0.15, 0.2) is 26.4 Å². The van der Waals surface area contributed by atoms with Gasteiger partial charge in [-0.05, 0) is 42.8 Å². The predicted octanol–water partition coefficient (Wildman–Crippen LogP) is 3.58. The average Bonchev–Trinajstić information content (AvgIpc) is 3.42. The summed E-state index contributed by atoms with van der Waals surface area (Å²) in [6, 6.07) is 17.0. The zero-order valence-corrected chi connectivity index (χ0v) is 20.6. The van der Waals surface area contributed by atoms with Crippen molar-refractivity contribution in [1.82, 2.24) is 4.31 Å². The standard InChI is InChI=1S/C23H23NO7S3/c25-33(26)13-10-17(16-33)24(15-18-6-9-23(31-18)32-19-4-2-1-3-5-19)34(27,28)20-7-8-21-22(14-20)30-12-11-29-21/h1-9,14,17H,10-13,15-16H2. The molecule has 180 valence electrons. The Morgan fingerprint density at radius 1 is 0.971 bits per heavy atom. The van der Waals surface area contributed by atoms with E-state index < -0.39 is 25.9 Å². The Labute approximate surface area is 202 Å². The average molecular weight is 522 g/mol. The number of furan rings is 1. The molecule has 0 amide bonds. The second-order valence-electron chi connectivity index (χ2n) is 8.05. The lowest BCUT2D eigenvalue weighted by Gasteiger charge is -2.27. The fourth-order valence-electron chi connectivity index (χ4n) is 3.99. The number of fused-ring (bicyclic) bond motifs is 1. The second-order valence-corrected chi connectivity index (χ2v) is 13.2. The minimum atomic E-state index is -4.05. The summed E-state index contributed by atoms with van der Waals surface area (Å²) in [6.07, 6.45) is 0.235. The molecule has 8 nitrogen and oxygen atoms in total. The first kappa shape index (κ1) is 23.3. The minimum absolute atomic E-state index is 0.0199. The smallest absolute Gasteiger partial charge is 0.243 e. The summed E-state index contributed by atoms with van der Waals surface area (Å²) >= 11 is 1.43. The number of hydrogen-bond acceptors (Lipinski definition) is 8. The highest BCUT2D eigenvalue weighted by Gasteiger charge is 2.39. The maximum Gasteiger partial charge on any atom is 0.243 e. The molecule has 0 bridgehead atoms. The topological polar surface area (TPSA) is 103 Å². The SMILES string of the molecule is O=S1(=O)CCC(N(Cc2ccc(Sc3ccccc3)o2)S(=O)(=O)c2ccc3c(c2)OCCO3)C1. The third kappa shape index (κ3) is 4.97. The Hall–Kier alpha value is -2.47. The molecule has 11 heteroatoms. The predicted molar refractivity (Wildman–Crippen MR) is 126 cm³/mol. The van der Waals surface area contributed by atoms with Gasteiger partial charge in [0.2, 0.25) is 10.0 Å². The third-order valence-corrected chi connectivity index (χ3v) is 10.2. The number of rotatable bonds is 7. The van der Waals surface area contributed by atoms with Crippen molar-refractivity contribution in [3.8, 4) is 11.5 Å². The first-order valence-corrected chi connectivity index (χ1v) is 14.8. The molecule has 5 rings (SSSR count). The Bertz CT molecular complexity index is 1380. The molecule has 2 aliphatic heterocycles. The zero-order valence-electron chi connectivity index (χ0n) is 18.1. The van der Waals surface area contributed by atoms with Gasteiger partial charge in [0.05, 0.1) is 22.9 Å². The molecule has 1 fully saturated rings. The monoisotopic (exact) mass is 521 g/mol. The Balaban J connectivity index is 1.44. The summed E-state index contributed by atoms with van der Waals surface area (Å²) < 4.78 is 70.0. The molecule has 0 saturated carbocycles. The first-order chi connectivity index (χ1) is 16.3. The van der Waals surface area contributed by atoms with Crippen molar-refractivity contribution in [1.29, 1.82) is 0 Å². The van der Waals surface area contributed by atoms with E-state index in [1.807, 2.05) is 30.3 Å². The van der Waals surface area contributed by atoms with E-state index in [0.717, 1.165) is 4.90 Å². The zero-order chi connectivity index (χ0) is 23.8. The van der Waals surface area contributed by atoms with Gasteiger partial charge in [0.25, 0.3) is 0 Å². The summed E-state index contributed by atoms with van der Waals surface area (Å²) in [7, 11) is -7.36. The Morgan fingerprint density at radius 2 is 1.74 bits per heavy atom. The fourth-order valence-corrected chi connectivity index (χ4v) is 8.26. The van der Waals surface area contributed by atoms with Crippen LogP contribution in [0.25, 0.3) is 0 Å². The highest BCUT2D eigenvalue weighted by Crippen LogP contribution is 2.36. The highest BCUT2D eigenvalue weighted by molar-refractivity contribution is 7.99. The lowest BCUT2D eigenvalue weighted by molar-refractivity contribution is 0.171. The minimum Gasteiger partial charge on any atom is -0.486 e. The number of hydrogen-bond donors (Lipinski definition) is 0. The van der Waals surface area contributed by atoms with Crippen molar-refractivity contribution in [2.75, 3.05) is 24.7 Å². The van der Waals surface area contributed by atoms with E-state index in [2.05, 4.69) is 0 Å². The molecule has 3 aromatic rings. The molecule has 0 aliphatic carbocycles. The van der Waals surface area contributed by atoms with E-state index in [-0.39, 0.29) is 29.4 Å². The van der Waals surface area contributed by atoms with Crippen LogP contribution >= 0.6 is 11.8 Å². The highest BCUT2D eigenvalue weighted by atomic mass is 32.2. The quantitative estimate of drug-likeness (QED) is 0.465. The van der Waals surface area contributed by atoms with Crippen molar-refractivity contribution < 1.29 is 30.7 Å². The van der Waals surface area contributed by atoms with Gasteiger partial charge in [-0.1, -0.05) is 30.0 Å². The van der Waals surface area contributed by atoms with Gasteiger partial charge in [0.1, 0.15) is 19.0 Å². The normalized spacial score (nSPS) is 19.4. The van der Waals surface area contributed by atoms with Crippen molar-refractivity contribution >= 4 is 31.6 Å².